The second-order valence-electron chi connectivity index (χ2n) is 2.80. The molecule has 10 heavy (non-hydrogen) atoms. The maximum atomic E-state index is 8.81. The molecule has 0 aromatic heterocycles. The first kappa shape index (κ1) is 7.76. The fourth-order valence-electron chi connectivity index (χ4n) is 1.42. The van der Waals surface area contributed by atoms with E-state index < -0.39 is 0 Å². The molecule has 0 bridgehead atoms. The van der Waals surface area contributed by atoms with E-state index in [2.05, 4.69) is 6.58 Å². The highest BCUT2D eigenvalue weighted by molar-refractivity contribution is 4.91. The van der Waals surface area contributed by atoms with E-state index in [9.17, 15) is 0 Å². The van der Waals surface area contributed by atoms with Gasteiger partial charge in [0.2, 0.25) is 0 Å². The van der Waals surface area contributed by atoms with E-state index >= 15 is 0 Å². The summed E-state index contributed by atoms with van der Waals surface area (Å²) >= 11 is 0. The number of aliphatic hydroxyl groups is 1. The molecule has 1 heterocycles. The predicted octanol–water partition coefficient (Wildman–Crippen LogP) is 0.958. The van der Waals surface area contributed by atoms with Gasteiger partial charge < -0.3 is 9.84 Å². The molecule has 0 radical (unpaired) electrons. The molecule has 58 valence electrons. The highest BCUT2D eigenvalue weighted by atomic mass is 16.5. The van der Waals surface area contributed by atoms with Crippen LogP contribution in [0.3, 0.4) is 0 Å². The van der Waals surface area contributed by atoms with Gasteiger partial charge >= 0.3 is 0 Å². The fourth-order valence-corrected chi connectivity index (χ4v) is 1.42. The van der Waals surface area contributed by atoms with E-state index in [1.807, 2.05) is 13.0 Å². The SMILES string of the molecule is C=C[C@@H]1C[C@H](C)O[C@@H]1CO. The van der Waals surface area contributed by atoms with Crippen molar-refractivity contribution in [3.05, 3.63) is 12.7 Å². The van der Waals surface area contributed by atoms with Gasteiger partial charge in [-0.25, -0.2) is 0 Å². The molecule has 2 heteroatoms. The van der Waals surface area contributed by atoms with E-state index in [1.165, 1.54) is 0 Å². The lowest BCUT2D eigenvalue weighted by molar-refractivity contribution is 0.0119. The summed E-state index contributed by atoms with van der Waals surface area (Å²) < 4.78 is 5.39. The van der Waals surface area contributed by atoms with Gasteiger partial charge in [0.05, 0.1) is 18.8 Å². The normalized spacial score (nSPS) is 40.0. The van der Waals surface area contributed by atoms with Crippen LogP contribution in [0.4, 0.5) is 0 Å². The van der Waals surface area contributed by atoms with Crippen molar-refractivity contribution in [3.8, 4) is 0 Å². The smallest absolute Gasteiger partial charge is 0.0872 e. The molecular formula is C8H14O2. The molecule has 1 fully saturated rings. The molecule has 0 aliphatic carbocycles. The number of hydrogen-bond donors (Lipinski definition) is 1. The van der Waals surface area contributed by atoms with Crippen LogP contribution in [0, 0.1) is 5.92 Å². The zero-order valence-electron chi connectivity index (χ0n) is 6.29. The van der Waals surface area contributed by atoms with E-state index in [-0.39, 0.29) is 18.8 Å². The van der Waals surface area contributed by atoms with Crippen molar-refractivity contribution < 1.29 is 9.84 Å². The third-order valence-corrected chi connectivity index (χ3v) is 1.97. The van der Waals surface area contributed by atoms with Gasteiger partial charge in [-0.15, -0.1) is 6.58 Å². The average molecular weight is 142 g/mol. The first-order valence-corrected chi connectivity index (χ1v) is 3.66. The Morgan fingerprint density at radius 1 is 1.80 bits per heavy atom. The minimum atomic E-state index is -0.00694. The average Bonchev–Trinajstić information content (AvgIpc) is 2.30. The molecule has 0 amide bonds. The van der Waals surface area contributed by atoms with Gasteiger partial charge in [0.1, 0.15) is 0 Å². The van der Waals surface area contributed by atoms with Crippen LogP contribution in [0.2, 0.25) is 0 Å². The Bertz CT molecular complexity index is 122. The van der Waals surface area contributed by atoms with Gasteiger partial charge in [-0.2, -0.15) is 0 Å². The Morgan fingerprint density at radius 3 is 2.90 bits per heavy atom. The number of ether oxygens (including phenoxy) is 1. The maximum Gasteiger partial charge on any atom is 0.0872 e. The summed E-state index contributed by atoms with van der Waals surface area (Å²) in [7, 11) is 0. The van der Waals surface area contributed by atoms with Gasteiger partial charge in [0.25, 0.3) is 0 Å². The molecule has 1 rings (SSSR count). The fraction of sp³-hybridized carbons (Fsp3) is 0.750. The van der Waals surface area contributed by atoms with Crippen LogP contribution >= 0.6 is 0 Å². The van der Waals surface area contributed by atoms with Crippen molar-refractivity contribution in [1.29, 1.82) is 0 Å². The standard InChI is InChI=1S/C8H14O2/c1-3-7-4-6(2)10-8(7)5-9/h3,6-9H,1,4-5H2,2H3/t6-,7+,8+/m0/s1. The van der Waals surface area contributed by atoms with Gasteiger partial charge in [-0.05, 0) is 13.3 Å². The predicted molar refractivity (Wildman–Crippen MR) is 39.7 cm³/mol. The Labute approximate surface area is 61.5 Å². The van der Waals surface area contributed by atoms with Crippen molar-refractivity contribution in [2.45, 2.75) is 25.6 Å². The van der Waals surface area contributed by atoms with Crippen LogP contribution in [0.1, 0.15) is 13.3 Å². The van der Waals surface area contributed by atoms with Gasteiger partial charge in [-0.3, -0.25) is 0 Å². The Kier molecular flexibility index (Phi) is 2.46. The van der Waals surface area contributed by atoms with E-state index in [1.54, 1.807) is 0 Å². The largest absolute Gasteiger partial charge is 0.394 e. The van der Waals surface area contributed by atoms with Gasteiger partial charge in [-0.1, -0.05) is 6.08 Å². The first-order chi connectivity index (χ1) is 4.77. The Morgan fingerprint density at radius 2 is 2.50 bits per heavy atom. The first-order valence-electron chi connectivity index (χ1n) is 3.66. The lowest BCUT2D eigenvalue weighted by Gasteiger charge is -2.10. The van der Waals surface area contributed by atoms with E-state index in [0.717, 1.165) is 6.42 Å². The summed E-state index contributed by atoms with van der Waals surface area (Å²) in [5.74, 6) is 0.347. The van der Waals surface area contributed by atoms with E-state index in [0.29, 0.717) is 5.92 Å². The quantitative estimate of drug-likeness (QED) is 0.582. The molecule has 0 saturated carbocycles. The van der Waals surface area contributed by atoms with Gasteiger partial charge in [0, 0.05) is 5.92 Å². The minimum Gasteiger partial charge on any atom is -0.394 e. The van der Waals surface area contributed by atoms with Crippen molar-refractivity contribution in [1.82, 2.24) is 0 Å². The van der Waals surface area contributed by atoms with Crippen molar-refractivity contribution in [2.75, 3.05) is 6.61 Å². The second-order valence-corrected chi connectivity index (χ2v) is 2.80. The zero-order valence-corrected chi connectivity index (χ0v) is 6.29. The zero-order chi connectivity index (χ0) is 7.56. The molecular weight excluding hydrogens is 128 g/mol. The molecule has 1 aliphatic heterocycles. The summed E-state index contributed by atoms with van der Waals surface area (Å²) in [6.07, 6.45) is 3.13. The number of hydrogen-bond acceptors (Lipinski definition) is 2. The molecule has 0 aromatic rings. The van der Waals surface area contributed by atoms with Crippen molar-refractivity contribution in [2.24, 2.45) is 5.92 Å². The summed E-state index contributed by atoms with van der Waals surface area (Å²) in [6.45, 7) is 5.82. The minimum absolute atomic E-state index is 0.00694. The second kappa shape index (κ2) is 3.17. The van der Waals surface area contributed by atoms with Crippen LogP contribution in [0.15, 0.2) is 12.7 Å². The Hall–Kier alpha value is -0.340. The summed E-state index contributed by atoms with van der Waals surface area (Å²) in [5, 5.41) is 8.81. The molecule has 0 spiro atoms. The summed E-state index contributed by atoms with van der Waals surface area (Å²) in [5.41, 5.74) is 0. The van der Waals surface area contributed by atoms with Crippen LogP contribution < -0.4 is 0 Å². The van der Waals surface area contributed by atoms with E-state index in [4.69, 9.17) is 9.84 Å². The molecule has 3 atom stereocenters. The monoisotopic (exact) mass is 142 g/mol. The topological polar surface area (TPSA) is 29.5 Å². The third-order valence-electron chi connectivity index (χ3n) is 1.97. The lowest BCUT2D eigenvalue weighted by atomic mass is 10.0. The highest BCUT2D eigenvalue weighted by Crippen LogP contribution is 2.26. The van der Waals surface area contributed by atoms with Crippen LogP contribution in [0.5, 0.6) is 0 Å². The molecule has 1 N–H and O–H groups in total. The summed E-state index contributed by atoms with van der Waals surface area (Å²) in [4.78, 5) is 0. The molecule has 2 nitrogen and oxygen atoms in total. The molecule has 0 unspecified atom stereocenters. The summed E-state index contributed by atoms with van der Waals surface area (Å²) in [6, 6.07) is 0. The Balaban J connectivity index is 2.48. The van der Waals surface area contributed by atoms with Gasteiger partial charge in [0.15, 0.2) is 0 Å². The highest BCUT2D eigenvalue weighted by Gasteiger charge is 2.29. The lowest BCUT2D eigenvalue weighted by Crippen LogP contribution is -2.18. The molecule has 0 aromatic carbocycles. The molecule has 1 aliphatic rings. The van der Waals surface area contributed by atoms with Crippen molar-refractivity contribution >= 4 is 0 Å². The van der Waals surface area contributed by atoms with Crippen LogP contribution in [-0.2, 0) is 4.74 Å². The maximum absolute atomic E-state index is 8.81. The number of aliphatic hydroxyl groups excluding tert-OH is 1. The number of rotatable bonds is 2. The van der Waals surface area contributed by atoms with Crippen LogP contribution in [-0.4, -0.2) is 23.9 Å². The van der Waals surface area contributed by atoms with Crippen LogP contribution in [0.25, 0.3) is 0 Å². The third kappa shape index (κ3) is 1.39. The van der Waals surface area contributed by atoms with Crippen molar-refractivity contribution in [3.63, 3.8) is 0 Å². The molecule has 1 saturated heterocycles.